The minimum Gasteiger partial charge on any atom is -0.411 e. The van der Waals surface area contributed by atoms with Gasteiger partial charge in [0.25, 0.3) is 0 Å². The lowest BCUT2D eigenvalue weighted by atomic mass is 9.73. The van der Waals surface area contributed by atoms with Gasteiger partial charge in [-0.2, -0.15) is 31.4 Å². The number of benzene rings is 2. The summed E-state index contributed by atoms with van der Waals surface area (Å²) in [5, 5.41) is 22.8. The number of ether oxygens (including phenoxy) is 1. The number of hydrogen-bond acceptors (Lipinski definition) is 6. The number of aromatic amines is 1. The molecular weight excluding hydrogens is 556 g/mol. The second kappa shape index (κ2) is 11.3. The molecule has 3 aromatic rings. The lowest BCUT2D eigenvalue weighted by Gasteiger charge is -2.48. The molecular formula is C27H29F6N5O3. The predicted molar refractivity (Wildman–Crippen MR) is 137 cm³/mol. The van der Waals surface area contributed by atoms with Gasteiger partial charge in [0.05, 0.1) is 35.1 Å². The molecule has 0 saturated carbocycles. The summed E-state index contributed by atoms with van der Waals surface area (Å²) in [4.78, 5) is 12.6. The van der Waals surface area contributed by atoms with Crippen LogP contribution in [0.1, 0.15) is 61.5 Å². The first kappa shape index (κ1) is 30.3. The molecule has 2 aromatic carbocycles. The topological polar surface area (TPSA) is 105 Å². The average Bonchev–Trinajstić information content (AvgIpc) is 3.38. The molecule has 0 amide bonds. The Labute approximate surface area is 231 Å². The molecule has 3 atom stereocenters. The maximum atomic E-state index is 13.4. The monoisotopic (exact) mass is 585 g/mol. The molecule has 0 spiro atoms. The van der Waals surface area contributed by atoms with E-state index in [9.17, 15) is 36.3 Å². The highest BCUT2D eigenvalue weighted by Crippen LogP contribution is 2.41. The maximum Gasteiger partial charge on any atom is 0.416 e. The lowest BCUT2D eigenvalue weighted by Crippen LogP contribution is -2.63. The van der Waals surface area contributed by atoms with Gasteiger partial charge in [-0.25, -0.2) is 9.89 Å². The number of H-pyrrole nitrogens is 1. The van der Waals surface area contributed by atoms with Crippen LogP contribution >= 0.6 is 0 Å². The fourth-order valence-corrected chi connectivity index (χ4v) is 5.34. The van der Waals surface area contributed by atoms with E-state index in [1.165, 1.54) is 17.8 Å². The summed E-state index contributed by atoms with van der Waals surface area (Å²) in [6.45, 7) is 3.13. The Morgan fingerprint density at radius 2 is 1.73 bits per heavy atom. The fraction of sp³-hybridized carbons (Fsp3) is 0.444. The van der Waals surface area contributed by atoms with E-state index in [0.717, 1.165) is 5.56 Å². The van der Waals surface area contributed by atoms with Gasteiger partial charge >= 0.3 is 18.0 Å². The Morgan fingerprint density at radius 1 is 1.10 bits per heavy atom. The van der Waals surface area contributed by atoms with Crippen molar-refractivity contribution in [2.45, 2.75) is 62.6 Å². The zero-order valence-corrected chi connectivity index (χ0v) is 22.2. The summed E-state index contributed by atoms with van der Waals surface area (Å²) in [5.41, 5.74) is -4.55. The van der Waals surface area contributed by atoms with E-state index in [2.05, 4.69) is 20.7 Å². The molecule has 1 aromatic heterocycles. The molecule has 3 N–H and O–H groups in total. The van der Waals surface area contributed by atoms with Crippen LogP contribution in [-0.2, 0) is 28.2 Å². The van der Waals surface area contributed by atoms with Crippen LogP contribution in [0.4, 0.5) is 26.3 Å². The molecule has 0 aliphatic carbocycles. The summed E-state index contributed by atoms with van der Waals surface area (Å²) in [5.74, 6) is 0. The Balaban J connectivity index is 1.67. The third kappa shape index (κ3) is 6.03. The van der Waals surface area contributed by atoms with Crippen LogP contribution in [0.2, 0.25) is 0 Å². The van der Waals surface area contributed by atoms with E-state index >= 15 is 0 Å². The summed E-state index contributed by atoms with van der Waals surface area (Å²) in [6.07, 6.45) is -8.88. The third-order valence-electron chi connectivity index (χ3n) is 7.68. The first-order chi connectivity index (χ1) is 19.3. The predicted octanol–water partition coefficient (Wildman–Crippen LogP) is 5.60. The van der Waals surface area contributed by atoms with Crippen LogP contribution < -0.4 is 11.0 Å². The van der Waals surface area contributed by atoms with Crippen molar-refractivity contribution in [2.75, 3.05) is 13.2 Å². The minimum absolute atomic E-state index is 0.0792. The van der Waals surface area contributed by atoms with Crippen molar-refractivity contribution in [3.63, 3.8) is 0 Å². The van der Waals surface area contributed by atoms with Crippen molar-refractivity contribution >= 4 is 5.71 Å². The summed E-state index contributed by atoms with van der Waals surface area (Å²) in [6, 6.07) is 10.4. The van der Waals surface area contributed by atoms with Gasteiger partial charge in [0.2, 0.25) is 0 Å². The smallest absolute Gasteiger partial charge is 0.411 e. The number of halogens is 6. The van der Waals surface area contributed by atoms with Crippen LogP contribution in [0.3, 0.4) is 0 Å². The Hall–Kier alpha value is -3.65. The van der Waals surface area contributed by atoms with Crippen molar-refractivity contribution in [2.24, 2.45) is 5.16 Å². The van der Waals surface area contributed by atoms with E-state index in [-0.39, 0.29) is 31.2 Å². The number of alkyl halides is 6. The normalized spacial score (nSPS) is 23.0. The highest BCUT2D eigenvalue weighted by atomic mass is 19.4. The standard InChI is InChI=1S/C27H29F6N5O3/c1-3-22(37-40)25(38-16-35-36-23(38)39)10-9-24(34-14-25,19-7-5-4-6-8-19)15-41-17(2)18-11-20(26(28,29)30)13-21(12-18)27(31,32)33/h4-8,11-13,16-17,34,40H,3,9-10,14-15H2,1-2H3,(H,36,39)/b37-22+/t17?,24-,25+/m1/s1. The van der Waals surface area contributed by atoms with E-state index in [0.29, 0.717) is 30.7 Å². The van der Waals surface area contributed by atoms with Gasteiger partial charge in [0, 0.05) is 6.54 Å². The molecule has 1 unspecified atom stereocenters. The Morgan fingerprint density at radius 3 is 2.20 bits per heavy atom. The molecule has 14 heteroatoms. The van der Waals surface area contributed by atoms with Gasteiger partial charge in [-0.05, 0) is 55.5 Å². The van der Waals surface area contributed by atoms with E-state index < -0.39 is 46.4 Å². The SMILES string of the molecule is CC/C(=N\O)[C@]1(n2cn[nH]c2=O)CC[C@@](COC(C)c2cc(C(F)(F)F)cc(C(F)(F)F)c2)(c2ccccc2)NC1. The van der Waals surface area contributed by atoms with Crippen molar-refractivity contribution < 1.29 is 36.3 Å². The van der Waals surface area contributed by atoms with Crippen molar-refractivity contribution in [3.05, 3.63) is 87.6 Å². The zero-order chi connectivity index (χ0) is 30.1. The molecule has 2 heterocycles. The van der Waals surface area contributed by atoms with Crippen LogP contribution in [0.5, 0.6) is 0 Å². The maximum absolute atomic E-state index is 13.4. The number of nitrogens with one attached hydrogen (secondary N) is 2. The first-order valence-electron chi connectivity index (χ1n) is 12.8. The average molecular weight is 586 g/mol. The summed E-state index contributed by atoms with van der Waals surface area (Å²) >= 11 is 0. The van der Waals surface area contributed by atoms with Gasteiger partial charge in [0.15, 0.2) is 0 Å². The second-order valence-corrected chi connectivity index (χ2v) is 10.1. The molecule has 0 bridgehead atoms. The molecule has 1 aliphatic rings. The molecule has 0 radical (unpaired) electrons. The van der Waals surface area contributed by atoms with Gasteiger partial charge < -0.3 is 15.3 Å². The minimum atomic E-state index is -4.98. The van der Waals surface area contributed by atoms with Crippen LogP contribution in [0, 0.1) is 0 Å². The van der Waals surface area contributed by atoms with Gasteiger partial charge in [-0.1, -0.05) is 42.4 Å². The fourth-order valence-electron chi connectivity index (χ4n) is 5.34. The quantitative estimate of drug-likeness (QED) is 0.138. The lowest BCUT2D eigenvalue weighted by molar-refractivity contribution is -0.143. The van der Waals surface area contributed by atoms with E-state index in [4.69, 9.17) is 4.74 Å². The van der Waals surface area contributed by atoms with E-state index in [1.807, 2.05) is 12.1 Å². The van der Waals surface area contributed by atoms with Gasteiger partial charge in [-0.15, -0.1) is 0 Å². The van der Waals surface area contributed by atoms with Crippen molar-refractivity contribution in [1.82, 2.24) is 20.1 Å². The van der Waals surface area contributed by atoms with Crippen molar-refractivity contribution in [1.29, 1.82) is 0 Å². The molecule has 41 heavy (non-hydrogen) atoms. The summed E-state index contributed by atoms with van der Waals surface area (Å²) in [7, 11) is 0. The Kier molecular flexibility index (Phi) is 8.37. The van der Waals surface area contributed by atoms with E-state index in [1.54, 1.807) is 25.1 Å². The molecule has 1 aliphatic heterocycles. The second-order valence-electron chi connectivity index (χ2n) is 10.1. The highest BCUT2D eigenvalue weighted by Gasteiger charge is 2.48. The van der Waals surface area contributed by atoms with Gasteiger partial charge in [0.1, 0.15) is 11.9 Å². The number of nitrogens with zero attached hydrogens (tertiary/aromatic N) is 3. The number of oxime groups is 1. The van der Waals surface area contributed by atoms with Crippen LogP contribution in [0.15, 0.2) is 64.8 Å². The van der Waals surface area contributed by atoms with Crippen LogP contribution in [0.25, 0.3) is 0 Å². The van der Waals surface area contributed by atoms with Crippen molar-refractivity contribution in [3.8, 4) is 0 Å². The number of aromatic nitrogens is 3. The molecule has 4 rings (SSSR count). The summed E-state index contributed by atoms with van der Waals surface area (Å²) < 4.78 is 87.9. The number of piperidine rings is 1. The highest BCUT2D eigenvalue weighted by molar-refractivity contribution is 5.91. The van der Waals surface area contributed by atoms with Gasteiger partial charge in [-0.3, -0.25) is 4.57 Å². The first-order valence-corrected chi connectivity index (χ1v) is 12.8. The van der Waals surface area contributed by atoms with Crippen LogP contribution in [-0.4, -0.2) is 38.8 Å². The number of rotatable bonds is 8. The Bertz CT molecular complexity index is 1390. The largest absolute Gasteiger partial charge is 0.416 e. The number of hydrogen-bond donors (Lipinski definition) is 3. The molecule has 1 fully saturated rings. The third-order valence-corrected chi connectivity index (χ3v) is 7.68. The molecule has 8 nitrogen and oxygen atoms in total. The molecule has 1 saturated heterocycles. The zero-order valence-electron chi connectivity index (χ0n) is 22.2. The molecule has 222 valence electrons.